The summed E-state index contributed by atoms with van der Waals surface area (Å²) in [5, 5.41) is 11.0. The number of carbonyl (C=O) groups excluding carboxylic acids is 2. The molecule has 0 spiro atoms. The first-order valence-corrected chi connectivity index (χ1v) is 15.4. The molecule has 0 aliphatic carbocycles. The molecular formula is C30H25F15N6O4. The number of benzene rings is 2. The molecule has 25 heteroatoms. The van der Waals surface area contributed by atoms with Gasteiger partial charge in [-0.1, -0.05) is 12.0 Å². The first-order chi connectivity index (χ1) is 25.1. The van der Waals surface area contributed by atoms with Crippen molar-refractivity contribution >= 4 is 23.5 Å². The van der Waals surface area contributed by atoms with Crippen molar-refractivity contribution < 1.29 is 84.9 Å². The minimum absolute atomic E-state index is 0.146. The lowest BCUT2D eigenvalue weighted by Crippen LogP contribution is -2.65. The number of aryl methyl sites for hydroxylation is 1. The molecule has 0 unspecified atom stereocenters. The predicted octanol–water partition coefficient (Wildman–Crippen LogP) is 7.88. The number of aromatic nitrogens is 4. The molecule has 0 bridgehead atoms. The number of hydrogen-bond donors (Lipinski definition) is 0. The van der Waals surface area contributed by atoms with Gasteiger partial charge in [0.15, 0.2) is 0 Å². The Bertz CT molecular complexity index is 1860. The number of tetrazole rings is 1. The molecule has 1 aliphatic heterocycles. The number of fused-ring (bicyclic) bond motifs is 1. The summed E-state index contributed by atoms with van der Waals surface area (Å²) in [6.07, 6.45) is -17.5. The predicted molar refractivity (Wildman–Crippen MR) is 155 cm³/mol. The average Bonchev–Trinajstić information content (AvgIpc) is 3.50. The van der Waals surface area contributed by atoms with Crippen molar-refractivity contribution in [2.24, 2.45) is 7.05 Å². The van der Waals surface area contributed by atoms with Crippen LogP contribution in [-0.4, -0.2) is 68.9 Å². The van der Waals surface area contributed by atoms with Crippen LogP contribution in [0.15, 0.2) is 36.4 Å². The third-order valence-electron chi connectivity index (χ3n) is 8.12. The fraction of sp³-hybridized carbons (Fsp3) is 0.500. The van der Waals surface area contributed by atoms with Crippen LogP contribution >= 0.6 is 0 Å². The lowest BCUT2D eigenvalue weighted by Gasteiger charge is -2.45. The molecule has 1 amide bonds. The van der Waals surface area contributed by atoms with Crippen LogP contribution in [0, 0.1) is 0 Å². The summed E-state index contributed by atoms with van der Waals surface area (Å²) in [5.74, 6) is -27.5. The van der Waals surface area contributed by atoms with E-state index in [2.05, 4.69) is 24.9 Å². The molecule has 0 fully saturated rings. The van der Waals surface area contributed by atoms with Gasteiger partial charge in [0.1, 0.15) is 5.75 Å². The third-order valence-corrected chi connectivity index (χ3v) is 8.12. The van der Waals surface area contributed by atoms with Gasteiger partial charge in [0.2, 0.25) is 0 Å². The van der Waals surface area contributed by atoms with Crippen molar-refractivity contribution in [2.45, 2.75) is 81.8 Å². The van der Waals surface area contributed by atoms with Crippen molar-refractivity contribution in [3.63, 3.8) is 0 Å². The van der Waals surface area contributed by atoms with Crippen molar-refractivity contribution in [2.75, 3.05) is 16.4 Å². The van der Waals surface area contributed by atoms with Crippen LogP contribution in [0.5, 0.6) is 5.75 Å². The molecule has 0 radical (unpaired) electrons. The highest BCUT2D eigenvalue weighted by atomic mass is 19.4. The fourth-order valence-electron chi connectivity index (χ4n) is 5.67. The molecule has 0 N–H and O–H groups in total. The van der Waals surface area contributed by atoms with Crippen LogP contribution in [0.4, 0.5) is 77.5 Å². The van der Waals surface area contributed by atoms with E-state index in [1.807, 2.05) is 0 Å². The van der Waals surface area contributed by atoms with E-state index in [9.17, 15) is 66.7 Å². The largest absolute Gasteiger partial charge is 0.573 e. The number of halogens is 15. The van der Waals surface area contributed by atoms with E-state index < -0.39 is 126 Å². The average molecular weight is 819 g/mol. The quantitative estimate of drug-likeness (QED) is 0.142. The second-order valence-electron chi connectivity index (χ2n) is 11.8. The molecule has 2 atom stereocenters. The van der Waals surface area contributed by atoms with Gasteiger partial charge in [-0.25, -0.2) is 4.79 Å². The maximum Gasteiger partial charge on any atom is 0.573 e. The van der Waals surface area contributed by atoms with Crippen LogP contribution in [-0.2, 0) is 40.3 Å². The number of ether oxygens (including phenoxy) is 2. The molecule has 1 aliphatic rings. The van der Waals surface area contributed by atoms with E-state index in [1.165, 1.54) is 0 Å². The van der Waals surface area contributed by atoms with Crippen molar-refractivity contribution in [3.05, 3.63) is 58.7 Å². The number of alkyl halides is 15. The van der Waals surface area contributed by atoms with Crippen molar-refractivity contribution in [1.29, 1.82) is 0 Å². The fourth-order valence-corrected chi connectivity index (χ4v) is 5.67. The van der Waals surface area contributed by atoms with Crippen LogP contribution in [0.2, 0.25) is 0 Å². The second-order valence-corrected chi connectivity index (χ2v) is 11.8. The summed E-state index contributed by atoms with van der Waals surface area (Å²) in [4.78, 5) is 26.4. The lowest BCUT2D eigenvalue weighted by molar-refractivity contribution is -0.293. The van der Waals surface area contributed by atoms with Crippen molar-refractivity contribution in [3.8, 4) is 5.75 Å². The summed E-state index contributed by atoms with van der Waals surface area (Å²) in [5.41, 5.74) is -6.07. The van der Waals surface area contributed by atoms with E-state index in [4.69, 9.17) is 0 Å². The molecule has 2 aromatic carbocycles. The molecule has 55 heavy (non-hydrogen) atoms. The Kier molecular flexibility index (Phi) is 11.3. The lowest BCUT2D eigenvalue weighted by atomic mass is 9.87. The highest BCUT2D eigenvalue weighted by Crippen LogP contribution is 2.51. The summed E-state index contributed by atoms with van der Waals surface area (Å²) in [7, 11) is 1.15. The Hall–Kier alpha value is -5.00. The Balaban J connectivity index is 1.96. The summed E-state index contributed by atoms with van der Waals surface area (Å²) in [6.45, 7) is 0.00398. The summed E-state index contributed by atoms with van der Waals surface area (Å²) < 4.78 is 220. The molecule has 1 aromatic heterocycles. The summed E-state index contributed by atoms with van der Waals surface area (Å²) >= 11 is 0. The van der Waals surface area contributed by atoms with Gasteiger partial charge < -0.3 is 19.3 Å². The zero-order valence-corrected chi connectivity index (χ0v) is 27.9. The van der Waals surface area contributed by atoms with Gasteiger partial charge in [0.25, 0.3) is 5.95 Å². The number of hydrogen-bond acceptors (Lipinski definition) is 8. The Morgan fingerprint density at radius 3 is 1.89 bits per heavy atom. The molecular weight excluding hydrogens is 793 g/mol. The Morgan fingerprint density at radius 2 is 1.42 bits per heavy atom. The minimum atomic E-state index is -6.78. The molecule has 4 rings (SSSR count). The van der Waals surface area contributed by atoms with E-state index in [1.54, 1.807) is 0 Å². The molecule has 2 heterocycles. The monoisotopic (exact) mass is 818 g/mol. The SMILES string of the molecule is CCOC(=O)C(F)(F)C(F)(F)C(F)(F)C(=O)N1c2ccc(OC(F)(F)F)cc2[C@@H](N(Cc2cc(C(F)(F)F)cc(C(F)(F)F)c2)c2nnn(C)n2)C[C@H]1CC. The van der Waals surface area contributed by atoms with Gasteiger partial charge in [-0.2, -0.15) is 57.5 Å². The van der Waals surface area contributed by atoms with E-state index in [-0.39, 0.29) is 23.1 Å². The first-order valence-electron chi connectivity index (χ1n) is 15.4. The smallest absolute Gasteiger partial charge is 0.461 e. The number of anilines is 2. The zero-order chi connectivity index (χ0) is 41.7. The van der Waals surface area contributed by atoms with Gasteiger partial charge >= 0.3 is 48.4 Å². The molecule has 3 aromatic rings. The first kappa shape index (κ1) is 42.7. The van der Waals surface area contributed by atoms with Crippen LogP contribution in [0.3, 0.4) is 0 Å². The zero-order valence-electron chi connectivity index (χ0n) is 27.9. The maximum absolute atomic E-state index is 15.4. The number of rotatable bonds is 11. The van der Waals surface area contributed by atoms with Gasteiger partial charge in [-0.15, -0.1) is 18.3 Å². The normalized spacial score (nSPS) is 17.2. The standard InChI is InChI=1S/C30H25F15N6O4/c1-4-17-11-21(50(24-46-48-49(3)47-24)13-14-8-15(27(35,36)37)10-16(9-14)28(38,39)40)19-12-18(55-30(43,44)45)6-7-20(19)51(17)22(52)25(31,32)29(41,42)26(33,34)23(53)54-5-2/h6-10,12,17,21H,4-5,11,13H2,1-3H3/t17-,21+/m1/s1. The second kappa shape index (κ2) is 14.6. The van der Waals surface area contributed by atoms with Gasteiger partial charge in [0, 0.05) is 23.8 Å². The number of esters is 1. The van der Waals surface area contributed by atoms with Crippen LogP contribution in [0.25, 0.3) is 0 Å². The number of carbonyl (C=O) groups is 2. The number of nitrogens with zero attached hydrogens (tertiary/aromatic N) is 6. The van der Waals surface area contributed by atoms with Gasteiger partial charge in [-0.05, 0) is 66.9 Å². The summed E-state index contributed by atoms with van der Waals surface area (Å²) in [6, 6.07) is -1.86. The highest BCUT2D eigenvalue weighted by Gasteiger charge is 2.79. The van der Waals surface area contributed by atoms with Crippen LogP contribution in [0.1, 0.15) is 55.0 Å². The number of amides is 1. The molecule has 304 valence electrons. The van der Waals surface area contributed by atoms with E-state index in [0.29, 0.717) is 18.2 Å². The molecule has 0 saturated heterocycles. The third kappa shape index (κ3) is 8.48. The van der Waals surface area contributed by atoms with E-state index >= 15 is 8.78 Å². The Labute approximate surface area is 298 Å². The maximum atomic E-state index is 15.4. The Morgan fingerprint density at radius 1 is 0.836 bits per heavy atom. The highest BCUT2D eigenvalue weighted by molar-refractivity contribution is 6.01. The topological polar surface area (TPSA) is 103 Å². The van der Waals surface area contributed by atoms with Crippen LogP contribution < -0.4 is 14.5 Å². The van der Waals surface area contributed by atoms with Gasteiger partial charge in [-0.3, -0.25) is 4.79 Å². The molecule has 10 nitrogen and oxygen atoms in total. The van der Waals surface area contributed by atoms with Gasteiger partial charge in [0.05, 0.1) is 30.8 Å². The van der Waals surface area contributed by atoms with Crippen molar-refractivity contribution in [1.82, 2.24) is 20.2 Å². The van der Waals surface area contributed by atoms with E-state index in [0.717, 1.165) is 30.6 Å². The molecule has 0 saturated carbocycles. The minimum Gasteiger partial charge on any atom is -0.461 e.